The number of carbonyl (C=O) groups is 2. The van der Waals surface area contributed by atoms with Gasteiger partial charge in [0.25, 0.3) is 0 Å². The molecule has 0 heterocycles. The number of aldehydes is 1. The molecule has 0 saturated carbocycles. The number of methoxy groups -OCH3 is 1. The Morgan fingerprint density at radius 3 is 1.76 bits per heavy atom. The highest BCUT2D eigenvalue weighted by Gasteiger charge is 2.12. The van der Waals surface area contributed by atoms with Crippen LogP contribution in [-0.4, -0.2) is 30.1 Å². The Morgan fingerprint density at radius 1 is 0.667 bits per heavy atom. The Hall–Kier alpha value is -4.28. The topological polar surface area (TPSA) is 63.6 Å². The Labute approximate surface area is 273 Å². The van der Waals surface area contributed by atoms with Crippen LogP contribution in [0, 0.1) is 0 Å². The quantitative estimate of drug-likeness (QED) is 0.0898. The van der Waals surface area contributed by atoms with Gasteiger partial charge in [-0.3, -0.25) is 4.79 Å². The van der Waals surface area contributed by atoms with Gasteiger partial charge in [-0.25, -0.2) is 4.79 Å². The molecule has 0 amide bonds. The molecular formula is C41H54O4. The molecule has 0 aliphatic heterocycles. The van der Waals surface area contributed by atoms with Crippen molar-refractivity contribution in [1.82, 2.24) is 0 Å². The maximum Gasteiger partial charge on any atom is 0.331 e. The van der Waals surface area contributed by atoms with E-state index in [4.69, 9.17) is 9.84 Å². The van der Waals surface area contributed by atoms with Gasteiger partial charge in [-0.15, -0.1) is 0 Å². The van der Waals surface area contributed by atoms with E-state index in [1.807, 2.05) is 69.4 Å². The van der Waals surface area contributed by atoms with Gasteiger partial charge in [0.15, 0.2) is 0 Å². The molecule has 0 fully saturated rings. The van der Waals surface area contributed by atoms with Gasteiger partial charge in [0.1, 0.15) is 6.29 Å². The van der Waals surface area contributed by atoms with Crippen LogP contribution in [0.1, 0.15) is 74.7 Å². The highest BCUT2D eigenvalue weighted by atomic mass is 16.5. The molecule has 0 aromatic heterocycles. The maximum atomic E-state index is 11.4. The Bertz CT molecular complexity index is 1350. The highest BCUT2D eigenvalue weighted by Crippen LogP contribution is 2.14. The van der Waals surface area contributed by atoms with E-state index in [0.29, 0.717) is 11.1 Å². The average molecular weight is 611 g/mol. The molecular weight excluding hydrogens is 556 g/mol. The van der Waals surface area contributed by atoms with Crippen LogP contribution in [0.15, 0.2) is 154 Å². The predicted molar refractivity (Wildman–Crippen MR) is 194 cm³/mol. The van der Waals surface area contributed by atoms with Crippen LogP contribution >= 0.6 is 0 Å². The molecule has 0 saturated heterocycles. The van der Waals surface area contributed by atoms with Crippen LogP contribution in [0.4, 0.5) is 0 Å². The van der Waals surface area contributed by atoms with Crippen molar-refractivity contribution in [2.45, 2.75) is 80.3 Å². The molecule has 0 unspecified atom stereocenters. The minimum atomic E-state index is -0.901. The third-order valence-electron chi connectivity index (χ3n) is 6.59. The maximum absolute atomic E-state index is 11.4. The van der Waals surface area contributed by atoms with E-state index in [-0.39, 0.29) is 5.60 Å². The van der Waals surface area contributed by atoms with Gasteiger partial charge in [0.05, 0.1) is 5.60 Å². The van der Waals surface area contributed by atoms with Crippen LogP contribution in [0.2, 0.25) is 0 Å². The van der Waals surface area contributed by atoms with Crippen molar-refractivity contribution in [3.63, 3.8) is 0 Å². The van der Waals surface area contributed by atoms with E-state index < -0.39 is 5.97 Å². The molecule has 0 aliphatic rings. The Morgan fingerprint density at radius 2 is 1.18 bits per heavy atom. The number of ether oxygens (including phenoxy) is 1. The van der Waals surface area contributed by atoms with E-state index in [1.54, 1.807) is 38.3 Å². The van der Waals surface area contributed by atoms with Crippen molar-refractivity contribution in [1.29, 1.82) is 0 Å². The summed E-state index contributed by atoms with van der Waals surface area (Å²) in [6.07, 6.45) is 40.8. The third kappa shape index (κ3) is 23.8. The number of carboxylic acid groups (broad SMARTS) is 1. The van der Waals surface area contributed by atoms with Crippen molar-refractivity contribution in [2.75, 3.05) is 7.11 Å². The van der Waals surface area contributed by atoms with Crippen molar-refractivity contribution in [2.24, 2.45) is 0 Å². The van der Waals surface area contributed by atoms with Gasteiger partial charge < -0.3 is 9.84 Å². The first kappa shape index (κ1) is 40.7. The van der Waals surface area contributed by atoms with Gasteiger partial charge >= 0.3 is 5.97 Å². The fraction of sp³-hybridized carbons (Fsp3) is 0.317. The van der Waals surface area contributed by atoms with Crippen LogP contribution < -0.4 is 0 Å². The number of rotatable bonds is 19. The summed E-state index contributed by atoms with van der Waals surface area (Å²) < 4.78 is 5.42. The molecule has 0 radical (unpaired) electrons. The second-order valence-corrected chi connectivity index (χ2v) is 11.6. The lowest BCUT2D eigenvalue weighted by atomic mass is 10.0. The molecule has 0 atom stereocenters. The van der Waals surface area contributed by atoms with Crippen LogP contribution in [0.5, 0.6) is 0 Å². The summed E-state index contributed by atoms with van der Waals surface area (Å²) in [6.45, 7) is 15.9. The molecule has 0 aromatic rings. The summed E-state index contributed by atoms with van der Waals surface area (Å²) in [4.78, 5) is 22.2. The molecule has 0 bridgehead atoms. The second-order valence-electron chi connectivity index (χ2n) is 11.6. The number of hydrogen-bond donors (Lipinski definition) is 1. The summed E-state index contributed by atoms with van der Waals surface area (Å²) in [7, 11) is 1.72. The second kappa shape index (κ2) is 24.1. The zero-order valence-corrected chi connectivity index (χ0v) is 28.8. The van der Waals surface area contributed by atoms with Gasteiger partial charge in [-0.05, 0) is 74.7 Å². The molecule has 1 N–H and O–H groups in total. The van der Waals surface area contributed by atoms with E-state index in [2.05, 4.69) is 70.2 Å². The summed E-state index contributed by atoms with van der Waals surface area (Å²) in [5.74, 6) is -0.901. The summed E-state index contributed by atoms with van der Waals surface area (Å²) in [5, 5.41) is 8.88. The van der Waals surface area contributed by atoms with Crippen molar-refractivity contribution in [3.05, 3.63) is 154 Å². The number of hydrogen-bond acceptors (Lipinski definition) is 3. The van der Waals surface area contributed by atoms with Crippen LogP contribution in [0.3, 0.4) is 0 Å². The molecule has 0 aromatic carbocycles. The van der Waals surface area contributed by atoms with Gasteiger partial charge in [-0.2, -0.15) is 0 Å². The molecule has 242 valence electrons. The van der Waals surface area contributed by atoms with E-state index in [1.165, 1.54) is 5.57 Å². The Kier molecular flexibility index (Phi) is 21.8. The van der Waals surface area contributed by atoms with Crippen LogP contribution in [-0.2, 0) is 14.3 Å². The first-order valence-electron chi connectivity index (χ1n) is 15.3. The van der Waals surface area contributed by atoms with Crippen LogP contribution in [0.25, 0.3) is 0 Å². The molecule has 0 aliphatic carbocycles. The minimum Gasteiger partial charge on any atom is -0.478 e. The lowest BCUT2D eigenvalue weighted by Gasteiger charge is -2.20. The van der Waals surface area contributed by atoms with E-state index in [0.717, 1.165) is 47.8 Å². The average Bonchev–Trinajstić information content (AvgIpc) is 2.98. The van der Waals surface area contributed by atoms with Gasteiger partial charge in [0.2, 0.25) is 0 Å². The van der Waals surface area contributed by atoms with Crippen molar-refractivity contribution < 1.29 is 19.4 Å². The third-order valence-corrected chi connectivity index (χ3v) is 6.59. The van der Waals surface area contributed by atoms with E-state index >= 15 is 0 Å². The highest BCUT2D eigenvalue weighted by molar-refractivity contribution is 5.86. The number of carboxylic acids is 1. The van der Waals surface area contributed by atoms with Crippen molar-refractivity contribution >= 4 is 12.3 Å². The fourth-order valence-electron chi connectivity index (χ4n) is 3.41. The number of allylic oxidation sites excluding steroid dienone is 24. The normalized spacial score (nSPS) is 15.8. The molecule has 4 heteroatoms. The largest absolute Gasteiger partial charge is 0.478 e. The summed E-state index contributed by atoms with van der Waals surface area (Å²) >= 11 is 0. The lowest BCUT2D eigenvalue weighted by Crippen LogP contribution is -2.20. The summed E-state index contributed by atoms with van der Waals surface area (Å²) in [5.41, 5.74) is 6.45. The number of carbonyl (C=O) groups excluding carboxylic acids is 1. The van der Waals surface area contributed by atoms with Gasteiger partial charge in [-0.1, -0.05) is 143 Å². The van der Waals surface area contributed by atoms with E-state index in [9.17, 15) is 9.59 Å². The smallest absolute Gasteiger partial charge is 0.331 e. The SMILES string of the molecule is COC(C)(C)C/C=C/C(C)=C/C=C/C(C=O)=C/C=C/C(C)=C/C=C/C=C(C)/C=C/C=C(\C)CC/C=C(C)/C=C/C=C(\C)C(=O)O. The molecule has 4 nitrogen and oxygen atoms in total. The predicted octanol–water partition coefficient (Wildman–Crippen LogP) is 10.8. The minimum absolute atomic E-state index is 0.177. The first-order chi connectivity index (χ1) is 21.3. The fourth-order valence-corrected chi connectivity index (χ4v) is 3.41. The zero-order chi connectivity index (χ0) is 34.1. The molecule has 0 spiro atoms. The van der Waals surface area contributed by atoms with Crippen molar-refractivity contribution in [3.8, 4) is 0 Å². The summed E-state index contributed by atoms with van der Waals surface area (Å²) in [6, 6.07) is 0. The first-order valence-corrected chi connectivity index (χ1v) is 15.3. The Balaban J connectivity index is 4.85. The lowest BCUT2D eigenvalue weighted by molar-refractivity contribution is -0.132. The monoisotopic (exact) mass is 610 g/mol. The molecule has 0 rings (SSSR count). The number of aliphatic carboxylic acids is 1. The zero-order valence-electron chi connectivity index (χ0n) is 28.8. The molecule has 45 heavy (non-hydrogen) atoms. The van der Waals surface area contributed by atoms with Gasteiger partial charge in [0, 0.05) is 18.3 Å². The standard InChI is InChI=1S/C41H54O4/c1-33(20-12-21-35(3)22-13-23-36(4)24-14-28-38(6)40(43)44)18-10-11-19-34(2)25-15-29-39(32-42)30-16-26-37(5)27-17-31-41(7,8)45-9/h10-12,14-21,23-30,32H,13,22,31H2,1-9H3,(H,43,44)/b11-10+,20-12+,24-14+,25-15+,27-17+,30-16+,33-18+,34-19+,35-21+,36-23+,37-26+,38-28+,39-29-.